The zero-order chi connectivity index (χ0) is 10.8. The Morgan fingerprint density at radius 2 is 2.27 bits per heavy atom. The first-order valence-corrected chi connectivity index (χ1v) is 6.17. The zero-order valence-electron chi connectivity index (χ0n) is 8.14. The Morgan fingerprint density at radius 1 is 1.47 bits per heavy atom. The lowest BCUT2D eigenvalue weighted by atomic mass is 10.3. The number of hydrogen-bond donors (Lipinski definition) is 1. The third-order valence-electron chi connectivity index (χ3n) is 1.93. The van der Waals surface area contributed by atoms with Crippen LogP contribution in [0.3, 0.4) is 0 Å². The van der Waals surface area contributed by atoms with Crippen molar-refractivity contribution in [3.63, 3.8) is 0 Å². The van der Waals surface area contributed by atoms with Gasteiger partial charge in [-0.15, -0.1) is 11.3 Å². The Morgan fingerprint density at radius 3 is 2.80 bits per heavy atom. The fourth-order valence-electron chi connectivity index (χ4n) is 1.12. The summed E-state index contributed by atoms with van der Waals surface area (Å²) >= 11 is 4.91. The van der Waals surface area contributed by atoms with E-state index in [0.29, 0.717) is 0 Å². The van der Waals surface area contributed by atoms with E-state index >= 15 is 0 Å². The van der Waals surface area contributed by atoms with E-state index in [4.69, 9.17) is 5.73 Å². The molecule has 1 unspecified atom stereocenters. The molecule has 0 amide bonds. The highest BCUT2D eigenvalue weighted by Gasteiger charge is 2.08. The number of hydrogen-bond acceptors (Lipinski definition) is 4. The van der Waals surface area contributed by atoms with Crippen LogP contribution in [-0.2, 0) is 0 Å². The molecule has 3 nitrogen and oxygen atoms in total. The van der Waals surface area contributed by atoms with Gasteiger partial charge >= 0.3 is 0 Å². The van der Waals surface area contributed by atoms with E-state index in [1.54, 1.807) is 17.5 Å². The van der Waals surface area contributed by atoms with E-state index < -0.39 is 0 Å². The molecule has 2 aromatic rings. The molecule has 0 aliphatic heterocycles. The number of pyridine rings is 1. The van der Waals surface area contributed by atoms with Gasteiger partial charge in [0.1, 0.15) is 5.01 Å². The van der Waals surface area contributed by atoms with Crippen LogP contribution in [0.2, 0.25) is 0 Å². The van der Waals surface area contributed by atoms with Gasteiger partial charge in [0.05, 0.1) is 11.4 Å². The molecule has 0 aliphatic rings. The number of halogens is 1. The number of nitrogens with two attached hydrogens (primary N) is 1. The van der Waals surface area contributed by atoms with E-state index in [2.05, 4.69) is 25.9 Å². The van der Waals surface area contributed by atoms with Gasteiger partial charge in [-0.2, -0.15) is 0 Å². The van der Waals surface area contributed by atoms with Crippen molar-refractivity contribution in [2.45, 2.75) is 13.0 Å². The van der Waals surface area contributed by atoms with Crippen molar-refractivity contribution >= 4 is 27.3 Å². The second kappa shape index (κ2) is 4.38. The maximum absolute atomic E-state index is 5.75. The molecule has 0 fully saturated rings. The highest BCUT2D eigenvalue weighted by Crippen LogP contribution is 2.24. The molecule has 2 heterocycles. The van der Waals surface area contributed by atoms with Crippen molar-refractivity contribution in [3.05, 3.63) is 33.9 Å². The van der Waals surface area contributed by atoms with Crippen LogP contribution >= 0.6 is 27.3 Å². The van der Waals surface area contributed by atoms with Crippen LogP contribution in [0.5, 0.6) is 0 Å². The van der Waals surface area contributed by atoms with E-state index in [0.717, 1.165) is 20.9 Å². The average molecular weight is 284 g/mol. The Hall–Kier alpha value is -0.780. The van der Waals surface area contributed by atoms with Crippen molar-refractivity contribution in [2.24, 2.45) is 5.73 Å². The maximum Gasteiger partial charge on any atom is 0.142 e. The molecule has 0 radical (unpaired) electrons. The minimum atomic E-state index is -0.0227. The summed E-state index contributed by atoms with van der Waals surface area (Å²) in [6, 6.07) is 3.87. The largest absolute Gasteiger partial charge is 0.323 e. The number of nitrogens with zero attached hydrogens (tertiary/aromatic N) is 2. The van der Waals surface area contributed by atoms with E-state index in [1.807, 2.05) is 24.4 Å². The summed E-state index contributed by atoms with van der Waals surface area (Å²) < 4.78 is 0.968. The number of aromatic nitrogens is 2. The molecule has 0 spiro atoms. The van der Waals surface area contributed by atoms with E-state index in [9.17, 15) is 0 Å². The molecule has 78 valence electrons. The van der Waals surface area contributed by atoms with Crippen LogP contribution in [0, 0.1) is 0 Å². The quantitative estimate of drug-likeness (QED) is 0.922. The second-order valence-corrected chi connectivity index (χ2v) is 5.00. The van der Waals surface area contributed by atoms with Crippen molar-refractivity contribution in [1.82, 2.24) is 9.97 Å². The van der Waals surface area contributed by atoms with Crippen LogP contribution in [0.1, 0.15) is 18.7 Å². The molecule has 5 heteroatoms. The molecule has 15 heavy (non-hydrogen) atoms. The minimum absolute atomic E-state index is 0.0227. The van der Waals surface area contributed by atoms with Crippen LogP contribution in [0.4, 0.5) is 0 Å². The van der Waals surface area contributed by atoms with Gasteiger partial charge in [0.25, 0.3) is 0 Å². The zero-order valence-corrected chi connectivity index (χ0v) is 10.5. The normalized spacial score (nSPS) is 12.7. The van der Waals surface area contributed by atoms with E-state index in [1.165, 1.54) is 0 Å². The van der Waals surface area contributed by atoms with Gasteiger partial charge in [0.2, 0.25) is 0 Å². The third kappa shape index (κ3) is 2.42. The first-order valence-electron chi connectivity index (χ1n) is 4.50. The van der Waals surface area contributed by atoms with Crippen LogP contribution < -0.4 is 5.73 Å². The molecule has 0 saturated heterocycles. The lowest BCUT2D eigenvalue weighted by Crippen LogP contribution is -2.04. The van der Waals surface area contributed by atoms with Gasteiger partial charge in [0, 0.05) is 22.1 Å². The average Bonchev–Trinajstić information content (AvgIpc) is 2.68. The highest BCUT2D eigenvalue weighted by atomic mass is 79.9. The fraction of sp³-hybridized carbons (Fsp3) is 0.200. The molecule has 2 aromatic heterocycles. The van der Waals surface area contributed by atoms with Gasteiger partial charge in [0.15, 0.2) is 0 Å². The first kappa shape index (κ1) is 10.7. The van der Waals surface area contributed by atoms with Crippen molar-refractivity contribution in [2.75, 3.05) is 0 Å². The summed E-state index contributed by atoms with van der Waals surface area (Å²) in [7, 11) is 0. The van der Waals surface area contributed by atoms with Crippen molar-refractivity contribution < 1.29 is 0 Å². The second-order valence-electron chi connectivity index (χ2n) is 3.23. The topological polar surface area (TPSA) is 51.8 Å². The van der Waals surface area contributed by atoms with Crippen LogP contribution in [0.15, 0.2) is 28.2 Å². The van der Waals surface area contributed by atoms with Crippen molar-refractivity contribution in [3.8, 4) is 10.7 Å². The standard InChI is InChI=1S/C10H10BrN3S/c1-6(12)9-5-15-10(14-9)8-3-2-7(11)4-13-8/h2-6H,12H2,1H3. The van der Waals surface area contributed by atoms with Gasteiger partial charge in [-0.25, -0.2) is 4.98 Å². The summed E-state index contributed by atoms with van der Waals surface area (Å²) in [4.78, 5) is 8.71. The highest BCUT2D eigenvalue weighted by molar-refractivity contribution is 9.10. The summed E-state index contributed by atoms with van der Waals surface area (Å²) in [5.74, 6) is 0. The summed E-state index contributed by atoms with van der Waals surface area (Å²) in [6.45, 7) is 1.92. The Labute approximate surface area is 101 Å². The predicted molar refractivity (Wildman–Crippen MR) is 65.6 cm³/mol. The third-order valence-corrected chi connectivity index (χ3v) is 3.29. The molecular weight excluding hydrogens is 274 g/mol. The van der Waals surface area contributed by atoms with Crippen LogP contribution in [0.25, 0.3) is 10.7 Å². The number of rotatable bonds is 2. The predicted octanol–water partition coefficient (Wildman–Crippen LogP) is 2.99. The number of thiazole rings is 1. The summed E-state index contributed by atoms with van der Waals surface area (Å²) in [5, 5.41) is 2.89. The monoisotopic (exact) mass is 283 g/mol. The van der Waals surface area contributed by atoms with Crippen LogP contribution in [-0.4, -0.2) is 9.97 Å². The molecule has 0 aliphatic carbocycles. The minimum Gasteiger partial charge on any atom is -0.323 e. The molecule has 2 N–H and O–H groups in total. The first-order chi connectivity index (χ1) is 7.16. The SMILES string of the molecule is CC(N)c1csc(-c2ccc(Br)cn2)n1. The lowest BCUT2D eigenvalue weighted by Gasteiger charge is -1.98. The maximum atomic E-state index is 5.75. The molecule has 2 rings (SSSR count). The van der Waals surface area contributed by atoms with Gasteiger partial charge in [-0.1, -0.05) is 0 Å². The Kier molecular flexibility index (Phi) is 3.14. The molecular formula is C10H10BrN3S. The summed E-state index contributed by atoms with van der Waals surface area (Å²) in [6.07, 6.45) is 1.77. The molecule has 1 atom stereocenters. The Balaban J connectivity index is 2.33. The lowest BCUT2D eigenvalue weighted by molar-refractivity contribution is 0.790. The summed E-state index contributed by atoms with van der Waals surface area (Å²) in [5.41, 5.74) is 7.55. The van der Waals surface area contributed by atoms with Gasteiger partial charge in [-0.3, -0.25) is 4.98 Å². The smallest absolute Gasteiger partial charge is 0.142 e. The fourth-order valence-corrected chi connectivity index (χ4v) is 2.25. The van der Waals surface area contributed by atoms with Gasteiger partial charge < -0.3 is 5.73 Å². The molecule has 0 bridgehead atoms. The Bertz CT molecular complexity index is 450. The van der Waals surface area contributed by atoms with E-state index in [-0.39, 0.29) is 6.04 Å². The van der Waals surface area contributed by atoms with Crippen molar-refractivity contribution in [1.29, 1.82) is 0 Å². The van der Waals surface area contributed by atoms with Gasteiger partial charge in [-0.05, 0) is 35.0 Å². The molecule has 0 saturated carbocycles. The molecule has 0 aromatic carbocycles.